The summed E-state index contributed by atoms with van der Waals surface area (Å²) >= 11 is 0. The molecular weight excluding hydrogens is 342 g/mol. The van der Waals surface area contributed by atoms with Crippen LogP contribution in [-0.4, -0.2) is 28.7 Å². The Labute approximate surface area is 157 Å². The fourth-order valence-electron chi connectivity index (χ4n) is 3.29. The normalized spacial score (nSPS) is 15.8. The number of imidazole rings is 1. The van der Waals surface area contributed by atoms with E-state index < -0.39 is 0 Å². The van der Waals surface area contributed by atoms with Crippen LogP contribution in [0.25, 0.3) is 11.0 Å². The lowest BCUT2D eigenvalue weighted by Gasteiger charge is -2.26. The number of nitrogens with two attached hydrogens (primary N) is 1. The largest absolute Gasteiger partial charge is 0.490 e. The summed E-state index contributed by atoms with van der Waals surface area (Å²) in [6.07, 6.45) is 0.512. The summed E-state index contributed by atoms with van der Waals surface area (Å²) in [6, 6.07) is 13.8. The highest BCUT2D eigenvalue weighted by atomic mass is 16.5. The molecule has 0 saturated heterocycles. The smallest absolute Gasteiger partial charge is 0.212 e. The first-order valence-electron chi connectivity index (χ1n) is 9.18. The molecule has 140 valence electrons. The molecule has 0 spiro atoms. The lowest BCUT2D eigenvalue weighted by molar-refractivity contribution is 0.272. The summed E-state index contributed by atoms with van der Waals surface area (Å²) in [5.41, 5.74) is 8.81. The third-order valence-corrected chi connectivity index (χ3v) is 4.38. The van der Waals surface area contributed by atoms with E-state index >= 15 is 0 Å². The third kappa shape index (κ3) is 3.05. The van der Waals surface area contributed by atoms with Crippen molar-refractivity contribution in [2.24, 2.45) is 10.7 Å². The van der Waals surface area contributed by atoms with Crippen molar-refractivity contribution in [1.82, 2.24) is 9.55 Å². The maximum atomic E-state index is 6.07. The van der Waals surface area contributed by atoms with Crippen molar-refractivity contribution >= 4 is 22.9 Å². The van der Waals surface area contributed by atoms with Crippen LogP contribution >= 0.6 is 0 Å². The highest BCUT2D eigenvalue weighted by molar-refractivity contribution is 5.94. The SMILES string of the molecule is CCCOc1c(OCC)cccc1C1N=C(N)Nc2nc3ccccc3n21. The van der Waals surface area contributed by atoms with Gasteiger partial charge < -0.3 is 15.2 Å². The number of nitrogens with one attached hydrogen (secondary N) is 1. The number of nitrogens with zero attached hydrogens (tertiary/aromatic N) is 3. The minimum Gasteiger partial charge on any atom is -0.490 e. The number of fused-ring (bicyclic) bond motifs is 3. The van der Waals surface area contributed by atoms with Crippen molar-refractivity contribution in [2.45, 2.75) is 26.4 Å². The summed E-state index contributed by atoms with van der Waals surface area (Å²) in [5, 5.41) is 3.06. The number of guanidine groups is 1. The molecule has 1 unspecified atom stereocenters. The zero-order valence-corrected chi connectivity index (χ0v) is 15.5. The number of aliphatic imine (C=N–C) groups is 1. The van der Waals surface area contributed by atoms with Gasteiger partial charge in [-0.15, -0.1) is 0 Å². The standard InChI is InChI=1S/C20H23N5O2/c1-3-12-27-17-13(8-7-11-16(17)26-4-2)18-23-19(21)24-20-22-14-9-5-6-10-15(14)25(18)20/h5-11,18H,3-4,12H2,1-2H3,(H3,21,22,23,24). The Morgan fingerprint density at radius 2 is 1.96 bits per heavy atom. The molecule has 3 aromatic rings. The molecule has 2 heterocycles. The zero-order chi connectivity index (χ0) is 18.8. The van der Waals surface area contributed by atoms with Gasteiger partial charge in [-0.3, -0.25) is 9.88 Å². The van der Waals surface area contributed by atoms with E-state index in [1.165, 1.54) is 0 Å². The molecule has 1 aliphatic rings. The summed E-state index contributed by atoms with van der Waals surface area (Å²) in [6.45, 7) is 5.19. The Bertz CT molecular complexity index is 995. The number of ether oxygens (including phenoxy) is 2. The molecule has 0 amide bonds. The average Bonchev–Trinajstić information content (AvgIpc) is 3.04. The first-order valence-corrected chi connectivity index (χ1v) is 9.18. The number of hydrogen-bond donors (Lipinski definition) is 2. The van der Waals surface area contributed by atoms with Gasteiger partial charge in [0.2, 0.25) is 5.95 Å². The van der Waals surface area contributed by atoms with Crippen LogP contribution in [0.4, 0.5) is 5.95 Å². The molecule has 2 aromatic carbocycles. The Hall–Kier alpha value is -3.22. The predicted octanol–water partition coefficient (Wildman–Crippen LogP) is 3.51. The van der Waals surface area contributed by atoms with Crippen LogP contribution in [0, 0.1) is 0 Å². The summed E-state index contributed by atoms with van der Waals surface area (Å²) in [4.78, 5) is 9.31. The highest BCUT2D eigenvalue weighted by Gasteiger charge is 2.28. The number of rotatable bonds is 6. The van der Waals surface area contributed by atoms with Gasteiger partial charge in [0.05, 0.1) is 24.2 Å². The fraction of sp³-hybridized carbons (Fsp3) is 0.300. The lowest BCUT2D eigenvalue weighted by Crippen LogP contribution is -2.31. The number of hydrogen-bond acceptors (Lipinski definition) is 6. The van der Waals surface area contributed by atoms with Gasteiger partial charge in [0.1, 0.15) is 0 Å². The van der Waals surface area contributed by atoms with Crippen LogP contribution < -0.4 is 20.5 Å². The van der Waals surface area contributed by atoms with E-state index in [0.29, 0.717) is 36.6 Å². The minimum absolute atomic E-state index is 0.325. The quantitative estimate of drug-likeness (QED) is 0.698. The van der Waals surface area contributed by atoms with E-state index in [1.807, 2.05) is 54.0 Å². The summed E-state index contributed by atoms with van der Waals surface area (Å²) in [7, 11) is 0. The van der Waals surface area contributed by atoms with Gasteiger partial charge >= 0.3 is 0 Å². The molecule has 27 heavy (non-hydrogen) atoms. The van der Waals surface area contributed by atoms with Gasteiger partial charge in [-0.05, 0) is 31.5 Å². The number of aromatic nitrogens is 2. The third-order valence-electron chi connectivity index (χ3n) is 4.38. The second kappa shape index (κ2) is 7.19. The molecule has 1 aliphatic heterocycles. The van der Waals surface area contributed by atoms with Crippen molar-refractivity contribution in [3.8, 4) is 11.5 Å². The lowest BCUT2D eigenvalue weighted by atomic mass is 10.1. The molecule has 4 rings (SSSR count). The Kier molecular flexibility index (Phi) is 4.58. The minimum atomic E-state index is -0.388. The molecule has 7 heteroatoms. The van der Waals surface area contributed by atoms with Gasteiger partial charge in [-0.1, -0.05) is 31.2 Å². The van der Waals surface area contributed by atoms with Crippen molar-refractivity contribution in [2.75, 3.05) is 18.5 Å². The monoisotopic (exact) mass is 365 g/mol. The predicted molar refractivity (Wildman–Crippen MR) is 107 cm³/mol. The Morgan fingerprint density at radius 1 is 1.11 bits per heavy atom. The maximum absolute atomic E-state index is 6.07. The van der Waals surface area contributed by atoms with E-state index in [-0.39, 0.29) is 6.17 Å². The molecule has 1 atom stereocenters. The van der Waals surface area contributed by atoms with Crippen molar-refractivity contribution in [3.05, 3.63) is 48.0 Å². The van der Waals surface area contributed by atoms with E-state index in [1.54, 1.807) is 0 Å². The first-order chi connectivity index (χ1) is 13.2. The highest BCUT2D eigenvalue weighted by Crippen LogP contribution is 2.40. The Morgan fingerprint density at radius 3 is 2.78 bits per heavy atom. The Balaban J connectivity index is 1.90. The number of benzene rings is 2. The molecule has 0 saturated carbocycles. The molecule has 7 nitrogen and oxygen atoms in total. The fourth-order valence-corrected chi connectivity index (χ4v) is 3.29. The average molecular weight is 365 g/mol. The van der Waals surface area contributed by atoms with Crippen molar-refractivity contribution in [3.63, 3.8) is 0 Å². The van der Waals surface area contributed by atoms with Crippen LogP contribution in [0.3, 0.4) is 0 Å². The van der Waals surface area contributed by atoms with Crippen LogP contribution in [0.1, 0.15) is 32.0 Å². The maximum Gasteiger partial charge on any atom is 0.212 e. The molecule has 0 fully saturated rings. The summed E-state index contributed by atoms with van der Waals surface area (Å²) in [5.74, 6) is 2.40. The van der Waals surface area contributed by atoms with E-state index in [2.05, 4.69) is 22.2 Å². The zero-order valence-electron chi connectivity index (χ0n) is 15.5. The first kappa shape index (κ1) is 17.2. The van der Waals surface area contributed by atoms with E-state index in [0.717, 1.165) is 23.0 Å². The molecule has 0 radical (unpaired) electrons. The van der Waals surface area contributed by atoms with Gasteiger partial charge in [-0.2, -0.15) is 0 Å². The second-order valence-electron chi connectivity index (χ2n) is 6.26. The van der Waals surface area contributed by atoms with Crippen molar-refractivity contribution in [1.29, 1.82) is 0 Å². The van der Waals surface area contributed by atoms with Crippen molar-refractivity contribution < 1.29 is 9.47 Å². The topological polar surface area (TPSA) is 86.7 Å². The van der Waals surface area contributed by atoms with Crippen LogP contribution in [0.2, 0.25) is 0 Å². The van der Waals surface area contributed by atoms with Crippen LogP contribution in [0.15, 0.2) is 47.5 Å². The summed E-state index contributed by atoms with van der Waals surface area (Å²) < 4.78 is 13.9. The molecular formula is C20H23N5O2. The molecule has 0 bridgehead atoms. The number of anilines is 1. The molecule has 3 N–H and O–H groups in total. The van der Waals surface area contributed by atoms with E-state index in [9.17, 15) is 0 Å². The van der Waals surface area contributed by atoms with Gasteiger partial charge in [0.25, 0.3) is 0 Å². The van der Waals surface area contributed by atoms with Gasteiger partial charge in [0.15, 0.2) is 23.6 Å². The van der Waals surface area contributed by atoms with Crippen LogP contribution in [0.5, 0.6) is 11.5 Å². The van der Waals surface area contributed by atoms with E-state index in [4.69, 9.17) is 15.2 Å². The van der Waals surface area contributed by atoms with Crippen LogP contribution in [-0.2, 0) is 0 Å². The number of para-hydroxylation sites is 3. The molecule has 0 aliphatic carbocycles. The van der Waals surface area contributed by atoms with Gasteiger partial charge in [-0.25, -0.2) is 9.98 Å². The van der Waals surface area contributed by atoms with Gasteiger partial charge in [0, 0.05) is 5.56 Å². The second-order valence-corrected chi connectivity index (χ2v) is 6.26. The molecule has 1 aromatic heterocycles.